The third-order valence-corrected chi connectivity index (χ3v) is 5.22. The molecule has 0 amide bonds. The normalized spacial score (nSPS) is 15.9. The predicted octanol–water partition coefficient (Wildman–Crippen LogP) is 4.65. The molecule has 3 rings (SSSR count). The van der Waals surface area contributed by atoms with E-state index in [-0.39, 0.29) is 11.7 Å². The number of hydrogen-bond donors (Lipinski definition) is 1. The Balaban J connectivity index is 2.15. The molecule has 2 aromatic carbocycles. The van der Waals surface area contributed by atoms with E-state index in [9.17, 15) is 9.65 Å². The van der Waals surface area contributed by atoms with Gasteiger partial charge in [-0.05, 0) is 53.5 Å². The monoisotopic (exact) mass is 415 g/mol. The molecule has 0 fully saturated rings. The first-order valence-electron chi connectivity index (χ1n) is 8.41. The van der Waals surface area contributed by atoms with E-state index < -0.39 is 5.92 Å². The molecule has 0 aliphatic carbocycles. The first-order valence-corrected chi connectivity index (χ1v) is 9.20. The van der Waals surface area contributed by atoms with Gasteiger partial charge in [-0.25, -0.2) is 4.39 Å². The van der Waals surface area contributed by atoms with Gasteiger partial charge in [0.05, 0.1) is 10.4 Å². The lowest BCUT2D eigenvalue weighted by atomic mass is 9.83. The first kappa shape index (κ1) is 18.3. The quantitative estimate of drug-likeness (QED) is 0.788. The minimum absolute atomic E-state index is 0.0853. The average Bonchev–Trinajstić information content (AvgIpc) is 2.64. The van der Waals surface area contributed by atoms with Gasteiger partial charge in [-0.3, -0.25) is 0 Å². The van der Waals surface area contributed by atoms with E-state index in [4.69, 9.17) is 10.5 Å². The zero-order valence-electron chi connectivity index (χ0n) is 14.6. The summed E-state index contributed by atoms with van der Waals surface area (Å²) in [6.45, 7) is 5.92. The second-order valence-electron chi connectivity index (χ2n) is 5.99. The number of halogens is 2. The van der Waals surface area contributed by atoms with Crippen molar-refractivity contribution >= 4 is 21.6 Å². The molecule has 134 valence electrons. The van der Waals surface area contributed by atoms with Gasteiger partial charge in [0.2, 0.25) is 5.88 Å². The summed E-state index contributed by atoms with van der Waals surface area (Å²) in [4.78, 5) is 2.20. The molecule has 1 aliphatic heterocycles. The van der Waals surface area contributed by atoms with Crippen LogP contribution in [0.5, 0.6) is 5.75 Å². The van der Waals surface area contributed by atoms with Crippen molar-refractivity contribution in [2.75, 3.05) is 18.0 Å². The third kappa shape index (κ3) is 3.15. The fraction of sp³-hybridized carbons (Fsp3) is 0.250. The highest BCUT2D eigenvalue weighted by Gasteiger charge is 2.31. The van der Waals surface area contributed by atoms with Crippen molar-refractivity contribution in [2.45, 2.75) is 19.8 Å². The van der Waals surface area contributed by atoms with Gasteiger partial charge >= 0.3 is 0 Å². The SMILES string of the molecule is CCN(CC)c1ccc2c(c1)OC(N)=C(C#N)C2c1ccc(F)c(Br)c1. The van der Waals surface area contributed by atoms with Crippen LogP contribution in [-0.4, -0.2) is 13.1 Å². The highest BCUT2D eigenvalue weighted by atomic mass is 79.9. The number of fused-ring (bicyclic) bond motifs is 1. The molecule has 0 aromatic heterocycles. The Morgan fingerprint density at radius 3 is 2.58 bits per heavy atom. The molecule has 0 bridgehead atoms. The maximum Gasteiger partial charge on any atom is 0.205 e. The van der Waals surface area contributed by atoms with Crippen LogP contribution in [0.4, 0.5) is 10.1 Å². The van der Waals surface area contributed by atoms with Gasteiger partial charge < -0.3 is 15.4 Å². The van der Waals surface area contributed by atoms with E-state index in [2.05, 4.69) is 40.7 Å². The van der Waals surface area contributed by atoms with Crippen LogP contribution in [0.15, 0.2) is 52.3 Å². The van der Waals surface area contributed by atoms with Gasteiger partial charge in [0.25, 0.3) is 0 Å². The summed E-state index contributed by atoms with van der Waals surface area (Å²) in [6, 6.07) is 12.8. The lowest BCUT2D eigenvalue weighted by Crippen LogP contribution is -2.24. The molecule has 2 N–H and O–H groups in total. The molecule has 1 atom stereocenters. The zero-order valence-corrected chi connectivity index (χ0v) is 16.2. The van der Waals surface area contributed by atoms with Crippen molar-refractivity contribution in [3.63, 3.8) is 0 Å². The van der Waals surface area contributed by atoms with Crippen molar-refractivity contribution in [3.05, 3.63) is 69.3 Å². The Labute approximate surface area is 160 Å². The molecule has 2 aromatic rings. The van der Waals surface area contributed by atoms with E-state index >= 15 is 0 Å². The average molecular weight is 416 g/mol. The fourth-order valence-corrected chi connectivity index (χ4v) is 3.66. The summed E-state index contributed by atoms with van der Waals surface area (Å²) in [5.41, 5.74) is 8.99. The van der Waals surface area contributed by atoms with E-state index in [1.165, 1.54) is 6.07 Å². The fourth-order valence-electron chi connectivity index (χ4n) is 3.26. The molecule has 0 saturated heterocycles. The lowest BCUT2D eigenvalue weighted by molar-refractivity contribution is 0.393. The van der Waals surface area contributed by atoms with Crippen LogP contribution in [0.1, 0.15) is 30.9 Å². The summed E-state index contributed by atoms with van der Waals surface area (Å²) in [5, 5.41) is 9.60. The Bertz CT molecular complexity index is 916. The number of benzene rings is 2. The highest BCUT2D eigenvalue weighted by molar-refractivity contribution is 9.10. The topological polar surface area (TPSA) is 62.3 Å². The number of rotatable bonds is 4. The van der Waals surface area contributed by atoms with Gasteiger partial charge in [-0.15, -0.1) is 0 Å². The Kier molecular flexibility index (Phi) is 5.19. The molecule has 1 unspecified atom stereocenters. The summed E-state index contributed by atoms with van der Waals surface area (Å²) in [7, 11) is 0. The summed E-state index contributed by atoms with van der Waals surface area (Å²) >= 11 is 3.22. The number of nitrogens with two attached hydrogens (primary N) is 1. The molecule has 6 heteroatoms. The largest absolute Gasteiger partial charge is 0.440 e. The Morgan fingerprint density at radius 2 is 1.96 bits per heavy atom. The molecule has 26 heavy (non-hydrogen) atoms. The summed E-state index contributed by atoms with van der Waals surface area (Å²) < 4.78 is 19.7. The molecule has 4 nitrogen and oxygen atoms in total. The number of allylic oxidation sites excluding steroid dienone is 1. The Hall–Kier alpha value is -2.52. The van der Waals surface area contributed by atoms with Crippen LogP contribution in [0.2, 0.25) is 0 Å². The number of anilines is 1. The van der Waals surface area contributed by atoms with Crippen LogP contribution >= 0.6 is 15.9 Å². The van der Waals surface area contributed by atoms with Crippen molar-refractivity contribution in [2.24, 2.45) is 5.73 Å². The lowest BCUT2D eigenvalue weighted by Gasteiger charge is -2.29. The molecule has 1 heterocycles. The molecule has 0 radical (unpaired) electrons. The van der Waals surface area contributed by atoms with Crippen LogP contribution in [0.25, 0.3) is 0 Å². The van der Waals surface area contributed by atoms with Crippen molar-refractivity contribution < 1.29 is 9.13 Å². The van der Waals surface area contributed by atoms with Crippen molar-refractivity contribution in [1.29, 1.82) is 5.26 Å². The van der Waals surface area contributed by atoms with Gasteiger partial charge in [0, 0.05) is 30.4 Å². The minimum Gasteiger partial charge on any atom is -0.440 e. The van der Waals surface area contributed by atoms with E-state index in [0.29, 0.717) is 15.8 Å². The van der Waals surface area contributed by atoms with Crippen LogP contribution in [0.3, 0.4) is 0 Å². The smallest absolute Gasteiger partial charge is 0.205 e. The van der Waals surface area contributed by atoms with Crippen LogP contribution in [0, 0.1) is 17.1 Å². The maximum absolute atomic E-state index is 13.7. The van der Waals surface area contributed by atoms with E-state index in [1.807, 2.05) is 18.2 Å². The zero-order chi connectivity index (χ0) is 18.8. The third-order valence-electron chi connectivity index (χ3n) is 4.61. The van der Waals surface area contributed by atoms with Gasteiger partial charge in [0.1, 0.15) is 23.2 Å². The van der Waals surface area contributed by atoms with Crippen LogP contribution < -0.4 is 15.4 Å². The predicted molar refractivity (Wildman–Crippen MR) is 103 cm³/mol. The summed E-state index contributed by atoms with van der Waals surface area (Å²) in [5.74, 6) is -0.0433. The second kappa shape index (κ2) is 7.38. The minimum atomic E-state index is -0.397. The van der Waals surface area contributed by atoms with E-state index in [1.54, 1.807) is 12.1 Å². The van der Waals surface area contributed by atoms with Gasteiger partial charge in [-0.1, -0.05) is 12.1 Å². The van der Waals surface area contributed by atoms with Gasteiger partial charge in [0.15, 0.2) is 0 Å². The first-order chi connectivity index (χ1) is 12.5. The van der Waals surface area contributed by atoms with E-state index in [0.717, 1.165) is 29.9 Å². The molecular weight excluding hydrogens is 397 g/mol. The maximum atomic E-state index is 13.7. The number of ether oxygens (including phenoxy) is 1. The summed E-state index contributed by atoms with van der Waals surface area (Å²) in [6.07, 6.45) is 0. The number of hydrogen-bond acceptors (Lipinski definition) is 4. The standard InChI is InChI=1S/C20H19BrFN3O/c1-3-25(4-2)13-6-7-14-18(10-13)26-20(24)15(11-23)19(14)12-5-8-17(22)16(21)9-12/h5-10,19H,3-4,24H2,1-2H3. The molecular formula is C20H19BrFN3O. The number of nitriles is 1. The highest BCUT2D eigenvalue weighted by Crippen LogP contribution is 2.44. The Morgan fingerprint density at radius 1 is 1.23 bits per heavy atom. The van der Waals surface area contributed by atoms with Crippen molar-refractivity contribution in [1.82, 2.24) is 0 Å². The van der Waals surface area contributed by atoms with Crippen molar-refractivity contribution in [3.8, 4) is 11.8 Å². The second-order valence-corrected chi connectivity index (χ2v) is 6.85. The molecule has 0 spiro atoms. The number of nitrogens with zero attached hydrogens (tertiary/aromatic N) is 2. The molecule has 0 saturated carbocycles. The van der Waals surface area contributed by atoms with Crippen LogP contribution in [-0.2, 0) is 0 Å². The molecule has 1 aliphatic rings. The van der Waals surface area contributed by atoms with Gasteiger partial charge in [-0.2, -0.15) is 5.26 Å².